The van der Waals surface area contributed by atoms with Crippen LogP contribution in [-0.4, -0.2) is 35.1 Å². The first-order valence-corrected chi connectivity index (χ1v) is 7.05. The van der Waals surface area contributed by atoms with E-state index in [9.17, 15) is 13.2 Å². The standard InChI is InChI=1S/C10H17N3O4S/c1-4-5-13-6-9(11-8(13)3)18(16,17)12-7(2)10(14)15/h6-7,12H,4-5H2,1-3H3,(H,14,15)/t7-/m0/s1. The van der Waals surface area contributed by atoms with Gasteiger partial charge < -0.3 is 9.67 Å². The Bertz CT molecular complexity index is 535. The smallest absolute Gasteiger partial charge is 0.321 e. The van der Waals surface area contributed by atoms with Gasteiger partial charge in [0.05, 0.1) is 0 Å². The minimum atomic E-state index is -3.89. The van der Waals surface area contributed by atoms with Crippen molar-refractivity contribution in [2.75, 3.05) is 0 Å². The maximum atomic E-state index is 11.9. The van der Waals surface area contributed by atoms with Gasteiger partial charge in [0.2, 0.25) is 0 Å². The lowest BCUT2D eigenvalue weighted by molar-refractivity contribution is -0.138. The SMILES string of the molecule is CCCn1cc(S(=O)(=O)N[C@@H](C)C(=O)O)nc1C. The van der Waals surface area contributed by atoms with E-state index in [2.05, 4.69) is 9.71 Å². The molecule has 1 aromatic rings. The van der Waals surface area contributed by atoms with Crippen LogP contribution < -0.4 is 4.72 Å². The van der Waals surface area contributed by atoms with Crippen LogP contribution in [0, 0.1) is 6.92 Å². The Morgan fingerprint density at radius 3 is 2.72 bits per heavy atom. The second-order valence-corrected chi connectivity index (χ2v) is 5.66. The number of aromatic nitrogens is 2. The van der Waals surface area contributed by atoms with Crippen molar-refractivity contribution >= 4 is 16.0 Å². The molecule has 0 radical (unpaired) electrons. The molecular formula is C10H17N3O4S. The lowest BCUT2D eigenvalue weighted by Gasteiger charge is -2.07. The first-order chi connectivity index (χ1) is 8.27. The number of nitrogens with one attached hydrogen (secondary N) is 1. The molecule has 1 atom stereocenters. The number of carbonyl (C=O) groups is 1. The van der Waals surface area contributed by atoms with Crippen LogP contribution in [0.3, 0.4) is 0 Å². The molecule has 1 heterocycles. The van der Waals surface area contributed by atoms with Crippen LogP contribution in [-0.2, 0) is 21.4 Å². The van der Waals surface area contributed by atoms with Crippen LogP contribution >= 0.6 is 0 Å². The molecule has 0 aliphatic carbocycles. The van der Waals surface area contributed by atoms with Gasteiger partial charge in [-0.25, -0.2) is 13.4 Å². The zero-order valence-corrected chi connectivity index (χ0v) is 11.4. The Kier molecular flexibility index (Phi) is 4.47. The maximum absolute atomic E-state index is 11.9. The molecule has 18 heavy (non-hydrogen) atoms. The van der Waals surface area contributed by atoms with Gasteiger partial charge in [0.25, 0.3) is 10.0 Å². The van der Waals surface area contributed by atoms with Crippen molar-refractivity contribution in [2.45, 2.75) is 44.8 Å². The Morgan fingerprint density at radius 2 is 2.22 bits per heavy atom. The number of hydrogen-bond donors (Lipinski definition) is 2. The van der Waals surface area contributed by atoms with Gasteiger partial charge in [-0.3, -0.25) is 4.79 Å². The van der Waals surface area contributed by atoms with Gasteiger partial charge in [-0.15, -0.1) is 0 Å². The molecule has 8 heteroatoms. The highest BCUT2D eigenvalue weighted by atomic mass is 32.2. The molecule has 1 rings (SSSR count). The molecule has 0 fully saturated rings. The third-order valence-corrected chi connectivity index (χ3v) is 3.81. The van der Waals surface area contributed by atoms with Crippen molar-refractivity contribution in [3.05, 3.63) is 12.0 Å². The van der Waals surface area contributed by atoms with Gasteiger partial charge in [-0.05, 0) is 20.3 Å². The van der Waals surface area contributed by atoms with Crippen molar-refractivity contribution in [3.8, 4) is 0 Å². The number of aliphatic carboxylic acids is 1. The summed E-state index contributed by atoms with van der Waals surface area (Å²) in [5.41, 5.74) is 0. The monoisotopic (exact) mass is 275 g/mol. The first-order valence-electron chi connectivity index (χ1n) is 5.57. The molecule has 7 nitrogen and oxygen atoms in total. The summed E-state index contributed by atoms with van der Waals surface area (Å²) in [5, 5.41) is 8.53. The van der Waals surface area contributed by atoms with E-state index in [0.29, 0.717) is 12.4 Å². The summed E-state index contributed by atoms with van der Waals surface area (Å²) >= 11 is 0. The summed E-state index contributed by atoms with van der Waals surface area (Å²) in [7, 11) is -3.89. The summed E-state index contributed by atoms with van der Waals surface area (Å²) in [6, 6.07) is -1.19. The number of sulfonamides is 1. The van der Waals surface area contributed by atoms with E-state index < -0.39 is 22.0 Å². The fraction of sp³-hybridized carbons (Fsp3) is 0.600. The van der Waals surface area contributed by atoms with Crippen molar-refractivity contribution in [3.63, 3.8) is 0 Å². The summed E-state index contributed by atoms with van der Waals surface area (Å²) in [6.07, 6.45) is 2.27. The second-order valence-electron chi connectivity index (χ2n) is 4.00. The van der Waals surface area contributed by atoms with Gasteiger partial charge in [0.15, 0.2) is 5.03 Å². The molecular weight excluding hydrogens is 258 g/mol. The van der Waals surface area contributed by atoms with E-state index in [0.717, 1.165) is 6.42 Å². The van der Waals surface area contributed by atoms with Crippen molar-refractivity contribution in [2.24, 2.45) is 0 Å². The lowest BCUT2D eigenvalue weighted by Crippen LogP contribution is -2.38. The average Bonchev–Trinajstić information content (AvgIpc) is 2.61. The number of nitrogens with zero attached hydrogens (tertiary/aromatic N) is 2. The molecule has 2 N–H and O–H groups in total. The number of hydrogen-bond acceptors (Lipinski definition) is 4. The third kappa shape index (κ3) is 3.30. The van der Waals surface area contributed by atoms with Gasteiger partial charge in [0.1, 0.15) is 11.9 Å². The highest BCUT2D eigenvalue weighted by Gasteiger charge is 2.24. The summed E-state index contributed by atoms with van der Waals surface area (Å²) in [6.45, 7) is 5.60. The van der Waals surface area contributed by atoms with Crippen molar-refractivity contribution in [1.29, 1.82) is 0 Å². The molecule has 0 bridgehead atoms. The van der Waals surface area contributed by atoms with Crippen molar-refractivity contribution < 1.29 is 18.3 Å². The minimum absolute atomic E-state index is 0.151. The number of aryl methyl sites for hydroxylation is 2. The normalized spacial score (nSPS) is 13.5. The highest BCUT2D eigenvalue weighted by Crippen LogP contribution is 2.10. The Balaban J connectivity index is 2.98. The highest BCUT2D eigenvalue weighted by molar-refractivity contribution is 7.89. The number of rotatable bonds is 6. The molecule has 0 amide bonds. The topological polar surface area (TPSA) is 101 Å². The lowest BCUT2D eigenvalue weighted by atomic mass is 10.4. The predicted octanol–water partition coefficient (Wildman–Crippen LogP) is 0.353. The molecule has 1 aromatic heterocycles. The Hall–Kier alpha value is -1.41. The van der Waals surface area contributed by atoms with Crippen molar-refractivity contribution in [1.82, 2.24) is 14.3 Å². The molecule has 0 aliphatic heterocycles. The number of carboxylic acids is 1. The molecule has 0 saturated heterocycles. The number of carboxylic acid groups (broad SMARTS) is 1. The predicted molar refractivity (Wildman–Crippen MR) is 64.7 cm³/mol. The van der Waals surface area contributed by atoms with E-state index in [4.69, 9.17) is 5.11 Å². The first kappa shape index (κ1) is 14.7. The summed E-state index contributed by atoms with van der Waals surface area (Å²) < 4.78 is 27.5. The van der Waals surface area contributed by atoms with Crippen LogP contribution in [0.1, 0.15) is 26.1 Å². The van der Waals surface area contributed by atoms with Gasteiger partial charge in [-0.1, -0.05) is 6.92 Å². The van der Waals surface area contributed by atoms with Gasteiger partial charge >= 0.3 is 5.97 Å². The molecule has 0 spiro atoms. The van der Waals surface area contributed by atoms with Crippen LogP contribution in [0.15, 0.2) is 11.2 Å². The van der Waals surface area contributed by atoms with Crippen LogP contribution in [0.5, 0.6) is 0 Å². The number of imidazole rings is 1. The van der Waals surface area contributed by atoms with E-state index in [-0.39, 0.29) is 5.03 Å². The largest absolute Gasteiger partial charge is 0.480 e. The van der Waals surface area contributed by atoms with Gasteiger partial charge in [-0.2, -0.15) is 4.72 Å². The minimum Gasteiger partial charge on any atom is -0.480 e. The maximum Gasteiger partial charge on any atom is 0.321 e. The van der Waals surface area contributed by atoms with Crippen LogP contribution in [0.25, 0.3) is 0 Å². The Labute approximate surface area is 106 Å². The molecule has 102 valence electrons. The van der Waals surface area contributed by atoms with E-state index in [1.54, 1.807) is 11.5 Å². The van der Waals surface area contributed by atoms with E-state index in [1.807, 2.05) is 6.92 Å². The van der Waals surface area contributed by atoms with Gasteiger partial charge in [0, 0.05) is 12.7 Å². The molecule has 0 saturated carbocycles. The molecule has 0 aromatic carbocycles. The van der Waals surface area contributed by atoms with Crippen LogP contribution in [0.2, 0.25) is 0 Å². The zero-order chi connectivity index (χ0) is 13.9. The third-order valence-electron chi connectivity index (χ3n) is 2.40. The fourth-order valence-corrected chi connectivity index (χ4v) is 2.62. The van der Waals surface area contributed by atoms with E-state index >= 15 is 0 Å². The van der Waals surface area contributed by atoms with Crippen LogP contribution in [0.4, 0.5) is 0 Å². The summed E-state index contributed by atoms with van der Waals surface area (Å²) in [4.78, 5) is 14.6. The van der Waals surface area contributed by atoms with E-state index in [1.165, 1.54) is 13.1 Å². The zero-order valence-electron chi connectivity index (χ0n) is 10.5. The summed E-state index contributed by atoms with van der Waals surface area (Å²) in [5.74, 6) is -0.650. The quantitative estimate of drug-likeness (QED) is 0.780. The molecule has 0 unspecified atom stereocenters. The average molecular weight is 275 g/mol. The second kappa shape index (κ2) is 5.49. The molecule has 0 aliphatic rings. The fourth-order valence-electron chi connectivity index (χ4n) is 1.42. The Morgan fingerprint density at radius 1 is 1.61 bits per heavy atom.